The topological polar surface area (TPSA) is 34.2 Å². The molecule has 0 saturated carbocycles. The largest absolute Gasteiger partial charge is 0.457 e. The van der Waals surface area contributed by atoms with Crippen LogP contribution in [-0.2, 0) is 6.54 Å². The lowest BCUT2D eigenvalue weighted by molar-refractivity contribution is 0.472. The van der Waals surface area contributed by atoms with E-state index < -0.39 is 0 Å². The minimum Gasteiger partial charge on any atom is -0.457 e. The number of nitrogens with one attached hydrogen (secondary N) is 1. The monoisotopic (exact) mass is 256 g/mol. The number of pyridine rings is 1. The summed E-state index contributed by atoms with van der Waals surface area (Å²) < 4.78 is 5.97. The number of benzene rings is 1. The zero-order chi connectivity index (χ0) is 13.7. The number of nitrogens with zero attached hydrogens (tertiary/aromatic N) is 1. The molecule has 2 aromatic rings. The summed E-state index contributed by atoms with van der Waals surface area (Å²) in [5, 5.41) is 3.12. The molecule has 0 amide bonds. The highest BCUT2D eigenvalue weighted by atomic mass is 16.5. The van der Waals surface area contributed by atoms with Crippen LogP contribution in [0.2, 0.25) is 0 Å². The van der Waals surface area contributed by atoms with Crippen LogP contribution in [-0.4, -0.2) is 12.0 Å². The minimum atomic E-state index is 0.498. The fraction of sp³-hybridized carbons (Fsp3) is 0.312. The number of hydrogen-bond acceptors (Lipinski definition) is 3. The number of rotatable bonds is 5. The molecule has 0 saturated heterocycles. The Balaban J connectivity index is 2.23. The van der Waals surface area contributed by atoms with E-state index in [1.54, 1.807) is 6.20 Å². The van der Waals surface area contributed by atoms with Gasteiger partial charge in [-0.25, -0.2) is 0 Å². The van der Waals surface area contributed by atoms with E-state index >= 15 is 0 Å². The Morgan fingerprint density at radius 3 is 2.84 bits per heavy atom. The molecule has 1 aromatic heterocycles. The average Bonchev–Trinajstić information content (AvgIpc) is 2.41. The highest BCUT2D eigenvalue weighted by Gasteiger charge is 2.06. The smallest absolute Gasteiger partial charge is 0.134 e. The maximum Gasteiger partial charge on any atom is 0.134 e. The Morgan fingerprint density at radius 1 is 1.26 bits per heavy atom. The second kappa shape index (κ2) is 6.34. The predicted octanol–water partition coefficient (Wildman–Crippen LogP) is 3.72. The van der Waals surface area contributed by atoms with Crippen LogP contribution in [0.1, 0.15) is 30.9 Å². The Bertz CT molecular complexity index is 538. The first kappa shape index (κ1) is 13.6. The van der Waals surface area contributed by atoms with Crippen molar-refractivity contribution in [3.63, 3.8) is 0 Å². The first-order chi connectivity index (χ1) is 9.20. The quantitative estimate of drug-likeness (QED) is 0.885. The van der Waals surface area contributed by atoms with Crippen molar-refractivity contribution in [1.82, 2.24) is 10.3 Å². The second-order valence-electron chi connectivity index (χ2n) is 4.84. The zero-order valence-electron chi connectivity index (χ0n) is 11.7. The molecule has 3 heteroatoms. The SMILES string of the molecule is CNCc1cnccc1Oc1cccc(C(C)C)c1. The van der Waals surface area contributed by atoms with Gasteiger partial charge < -0.3 is 10.1 Å². The van der Waals surface area contributed by atoms with Gasteiger partial charge in [0.1, 0.15) is 11.5 Å². The zero-order valence-corrected chi connectivity index (χ0v) is 11.7. The molecule has 1 heterocycles. The molecular weight excluding hydrogens is 236 g/mol. The lowest BCUT2D eigenvalue weighted by Gasteiger charge is -2.12. The van der Waals surface area contributed by atoms with Crippen molar-refractivity contribution in [2.75, 3.05) is 7.05 Å². The molecule has 0 bridgehead atoms. The van der Waals surface area contributed by atoms with Crippen LogP contribution in [0.5, 0.6) is 11.5 Å². The normalized spacial score (nSPS) is 10.7. The molecule has 100 valence electrons. The molecule has 19 heavy (non-hydrogen) atoms. The van der Waals surface area contributed by atoms with Crippen LogP contribution < -0.4 is 10.1 Å². The lowest BCUT2D eigenvalue weighted by Crippen LogP contribution is -2.06. The van der Waals surface area contributed by atoms with Gasteiger partial charge in [0.05, 0.1) is 0 Å². The summed E-state index contributed by atoms with van der Waals surface area (Å²) >= 11 is 0. The third kappa shape index (κ3) is 3.55. The van der Waals surface area contributed by atoms with Crippen molar-refractivity contribution in [2.45, 2.75) is 26.3 Å². The molecule has 0 aliphatic heterocycles. The van der Waals surface area contributed by atoms with Crippen molar-refractivity contribution in [3.05, 3.63) is 53.9 Å². The van der Waals surface area contributed by atoms with Crippen molar-refractivity contribution in [1.29, 1.82) is 0 Å². The van der Waals surface area contributed by atoms with E-state index in [1.165, 1.54) is 5.56 Å². The fourth-order valence-electron chi connectivity index (χ4n) is 1.90. The third-order valence-corrected chi connectivity index (χ3v) is 2.98. The molecule has 1 aromatic carbocycles. The molecule has 0 radical (unpaired) electrons. The molecule has 1 N–H and O–H groups in total. The van der Waals surface area contributed by atoms with E-state index in [4.69, 9.17) is 4.74 Å². The molecule has 0 fully saturated rings. The van der Waals surface area contributed by atoms with Crippen molar-refractivity contribution in [3.8, 4) is 11.5 Å². The molecule has 0 aliphatic rings. The Kier molecular flexibility index (Phi) is 4.53. The van der Waals surface area contributed by atoms with E-state index in [-0.39, 0.29) is 0 Å². The number of hydrogen-bond donors (Lipinski definition) is 1. The molecule has 0 unspecified atom stereocenters. The van der Waals surface area contributed by atoms with E-state index in [0.29, 0.717) is 5.92 Å². The second-order valence-corrected chi connectivity index (χ2v) is 4.84. The van der Waals surface area contributed by atoms with E-state index in [1.807, 2.05) is 31.4 Å². The molecule has 0 aliphatic carbocycles. The van der Waals surface area contributed by atoms with Crippen LogP contribution in [0.3, 0.4) is 0 Å². The standard InChI is InChI=1S/C16H20N2O/c1-12(2)13-5-4-6-15(9-13)19-16-7-8-18-11-14(16)10-17-3/h4-9,11-12,17H,10H2,1-3H3. The first-order valence-electron chi connectivity index (χ1n) is 6.56. The van der Waals surface area contributed by atoms with E-state index in [2.05, 4.69) is 36.3 Å². The molecular formula is C16H20N2O. The highest BCUT2D eigenvalue weighted by molar-refractivity contribution is 5.38. The summed E-state index contributed by atoms with van der Waals surface area (Å²) in [6.07, 6.45) is 3.58. The van der Waals surface area contributed by atoms with E-state index in [0.717, 1.165) is 23.6 Å². The Hall–Kier alpha value is -1.87. The molecule has 0 spiro atoms. The summed E-state index contributed by atoms with van der Waals surface area (Å²) in [6.45, 7) is 5.10. The van der Waals surface area contributed by atoms with Gasteiger partial charge in [0, 0.05) is 24.5 Å². The Labute approximate surface area is 114 Å². The van der Waals surface area contributed by atoms with Crippen LogP contribution in [0.15, 0.2) is 42.7 Å². The summed E-state index contributed by atoms with van der Waals surface area (Å²) in [5.41, 5.74) is 2.33. The summed E-state index contributed by atoms with van der Waals surface area (Å²) in [7, 11) is 1.91. The van der Waals surface area contributed by atoms with Gasteiger partial charge in [0.2, 0.25) is 0 Å². The van der Waals surface area contributed by atoms with Gasteiger partial charge in [0.25, 0.3) is 0 Å². The minimum absolute atomic E-state index is 0.498. The van der Waals surface area contributed by atoms with Gasteiger partial charge in [-0.15, -0.1) is 0 Å². The lowest BCUT2D eigenvalue weighted by atomic mass is 10.0. The van der Waals surface area contributed by atoms with Crippen LogP contribution >= 0.6 is 0 Å². The maximum atomic E-state index is 5.97. The van der Waals surface area contributed by atoms with Gasteiger partial charge >= 0.3 is 0 Å². The van der Waals surface area contributed by atoms with Crippen LogP contribution in [0.4, 0.5) is 0 Å². The van der Waals surface area contributed by atoms with Gasteiger partial charge in [-0.05, 0) is 36.7 Å². The average molecular weight is 256 g/mol. The van der Waals surface area contributed by atoms with Crippen LogP contribution in [0.25, 0.3) is 0 Å². The predicted molar refractivity (Wildman–Crippen MR) is 77.6 cm³/mol. The summed E-state index contributed by atoms with van der Waals surface area (Å²) in [6, 6.07) is 10.1. The summed E-state index contributed by atoms with van der Waals surface area (Å²) in [4.78, 5) is 4.13. The first-order valence-corrected chi connectivity index (χ1v) is 6.56. The van der Waals surface area contributed by atoms with Crippen molar-refractivity contribution < 1.29 is 4.74 Å². The third-order valence-electron chi connectivity index (χ3n) is 2.98. The number of ether oxygens (including phenoxy) is 1. The fourth-order valence-corrected chi connectivity index (χ4v) is 1.90. The highest BCUT2D eigenvalue weighted by Crippen LogP contribution is 2.27. The Morgan fingerprint density at radius 2 is 2.11 bits per heavy atom. The maximum absolute atomic E-state index is 5.97. The van der Waals surface area contributed by atoms with Crippen LogP contribution in [0, 0.1) is 0 Å². The van der Waals surface area contributed by atoms with Gasteiger partial charge in [0.15, 0.2) is 0 Å². The van der Waals surface area contributed by atoms with Gasteiger partial charge in [-0.1, -0.05) is 26.0 Å². The van der Waals surface area contributed by atoms with Crippen molar-refractivity contribution in [2.24, 2.45) is 0 Å². The summed E-state index contributed by atoms with van der Waals surface area (Å²) in [5.74, 6) is 2.22. The van der Waals surface area contributed by atoms with Crippen molar-refractivity contribution >= 4 is 0 Å². The molecule has 0 atom stereocenters. The number of aromatic nitrogens is 1. The van der Waals surface area contributed by atoms with E-state index in [9.17, 15) is 0 Å². The van der Waals surface area contributed by atoms with Gasteiger partial charge in [-0.2, -0.15) is 0 Å². The molecule has 2 rings (SSSR count). The molecule has 3 nitrogen and oxygen atoms in total. The van der Waals surface area contributed by atoms with Gasteiger partial charge in [-0.3, -0.25) is 4.98 Å².